The van der Waals surface area contributed by atoms with Crippen molar-refractivity contribution in [2.24, 2.45) is 0 Å². The summed E-state index contributed by atoms with van der Waals surface area (Å²) < 4.78 is 11.4. The van der Waals surface area contributed by atoms with E-state index in [0.29, 0.717) is 25.2 Å². The standard InChI is InChI=1S/C18H27N3O3/c1-18(2,3)24-17(22)21-10-7-13(8-11-21)20-15-12-19-9-6-16(15)23-14-4-5-14/h6,9,12-14,20H,4-5,7-8,10-11H2,1-3H3. The number of carbonyl (C=O) groups is 1. The minimum atomic E-state index is -0.447. The zero-order valence-corrected chi connectivity index (χ0v) is 14.7. The zero-order chi connectivity index (χ0) is 17.2. The maximum atomic E-state index is 12.1. The van der Waals surface area contributed by atoms with Gasteiger partial charge < -0.3 is 19.7 Å². The Morgan fingerprint density at radius 1 is 1.25 bits per heavy atom. The summed E-state index contributed by atoms with van der Waals surface area (Å²) in [4.78, 5) is 18.1. The van der Waals surface area contributed by atoms with E-state index in [9.17, 15) is 4.79 Å². The first-order chi connectivity index (χ1) is 11.4. The van der Waals surface area contributed by atoms with Crippen LogP contribution in [0.15, 0.2) is 18.5 Å². The zero-order valence-electron chi connectivity index (χ0n) is 14.7. The summed E-state index contributed by atoms with van der Waals surface area (Å²) >= 11 is 0. The van der Waals surface area contributed by atoms with Crippen molar-refractivity contribution in [2.45, 2.75) is 64.2 Å². The van der Waals surface area contributed by atoms with Crippen LogP contribution in [-0.4, -0.2) is 46.8 Å². The number of hydrogen-bond donors (Lipinski definition) is 1. The van der Waals surface area contributed by atoms with E-state index in [4.69, 9.17) is 9.47 Å². The van der Waals surface area contributed by atoms with Gasteiger partial charge in [-0.3, -0.25) is 4.98 Å². The monoisotopic (exact) mass is 333 g/mol. The smallest absolute Gasteiger partial charge is 0.410 e. The molecule has 6 heteroatoms. The third-order valence-corrected chi connectivity index (χ3v) is 4.11. The Hall–Kier alpha value is -1.98. The SMILES string of the molecule is CC(C)(C)OC(=O)N1CCC(Nc2cnccc2OC2CC2)CC1. The normalized spacial score (nSPS) is 19.0. The van der Waals surface area contributed by atoms with Crippen LogP contribution < -0.4 is 10.1 Å². The molecule has 3 rings (SSSR count). The molecule has 1 aliphatic heterocycles. The lowest BCUT2D eigenvalue weighted by Crippen LogP contribution is -2.44. The molecule has 1 aromatic rings. The minimum Gasteiger partial charge on any atom is -0.488 e. The molecule has 0 unspecified atom stereocenters. The second-order valence-corrected chi connectivity index (χ2v) is 7.58. The molecule has 2 fully saturated rings. The molecule has 24 heavy (non-hydrogen) atoms. The molecule has 1 aromatic heterocycles. The highest BCUT2D eigenvalue weighted by molar-refractivity contribution is 5.68. The van der Waals surface area contributed by atoms with E-state index >= 15 is 0 Å². The molecule has 0 atom stereocenters. The molecule has 0 aromatic carbocycles. The van der Waals surface area contributed by atoms with Gasteiger partial charge in [0.1, 0.15) is 11.4 Å². The van der Waals surface area contributed by atoms with Gasteiger partial charge in [-0.15, -0.1) is 0 Å². The topological polar surface area (TPSA) is 63.7 Å². The minimum absolute atomic E-state index is 0.222. The summed E-state index contributed by atoms with van der Waals surface area (Å²) in [6.07, 6.45) is 7.76. The molecule has 6 nitrogen and oxygen atoms in total. The van der Waals surface area contributed by atoms with E-state index in [0.717, 1.165) is 37.1 Å². The van der Waals surface area contributed by atoms with Crippen molar-refractivity contribution >= 4 is 11.8 Å². The van der Waals surface area contributed by atoms with E-state index in [1.807, 2.05) is 33.0 Å². The van der Waals surface area contributed by atoms with Gasteiger partial charge in [-0.25, -0.2) is 4.79 Å². The number of pyridine rings is 1. The van der Waals surface area contributed by atoms with E-state index in [-0.39, 0.29) is 6.09 Å². The molecule has 1 saturated carbocycles. The third kappa shape index (κ3) is 4.76. The molecule has 2 heterocycles. The van der Waals surface area contributed by atoms with Crippen molar-refractivity contribution in [1.29, 1.82) is 0 Å². The predicted octanol–water partition coefficient (Wildman–Crippen LogP) is 3.43. The Bertz CT molecular complexity index is 573. The Kier molecular flexibility index (Phi) is 4.83. The van der Waals surface area contributed by atoms with Crippen LogP contribution in [-0.2, 0) is 4.74 Å². The fourth-order valence-electron chi connectivity index (χ4n) is 2.71. The molecule has 1 aliphatic carbocycles. The van der Waals surface area contributed by atoms with Crippen molar-refractivity contribution in [2.75, 3.05) is 18.4 Å². The van der Waals surface area contributed by atoms with Gasteiger partial charge >= 0.3 is 6.09 Å². The maximum Gasteiger partial charge on any atom is 0.410 e. The van der Waals surface area contributed by atoms with Crippen LogP contribution in [0, 0.1) is 0 Å². The second kappa shape index (κ2) is 6.87. The number of ether oxygens (including phenoxy) is 2. The van der Waals surface area contributed by atoms with Crippen molar-refractivity contribution in [1.82, 2.24) is 9.88 Å². The summed E-state index contributed by atoms with van der Waals surface area (Å²) in [5.41, 5.74) is 0.497. The first kappa shape index (κ1) is 16.9. The van der Waals surface area contributed by atoms with E-state index in [2.05, 4.69) is 10.3 Å². The van der Waals surface area contributed by atoms with Gasteiger partial charge in [0.25, 0.3) is 0 Å². The molecule has 0 radical (unpaired) electrons. The largest absolute Gasteiger partial charge is 0.488 e. The number of carbonyl (C=O) groups excluding carboxylic acids is 1. The highest BCUT2D eigenvalue weighted by Crippen LogP contribution is 2.32. The van der Waals surface area contributed by atoms with E-state index < -0.39 is 5.60 Å². The summed E-state index contributed by atoms with van der Waals surface area (Å²) in [5, 5.41) is 3.52. The van der Waals surface area contributed by atoms with Crippen LogP contribution in [0.5, 0.6) is 5.75 Å². The van der Waals surface area contributed by atoms with E-state index in [1.54, 1.807) is 11.1 Å². The molecule has 0 bridgehead atoms. The Morgan fingerprint density at radius 2 is 1.96 bits per heavy atom. The fraction of sp³-hybridized carbons (Fsp3) is 0.667. The van der Waals surface area contributed by atoms with Crippen molar-refractivity contribution in [3.8, 4) is 5.75 Å². The van der Waals surface area contributed by atoms with Gasteiger partial charge in [-0.05, 0) is 46.5 Å². The molecule has 1 amide bonds. The van der Waals surface area contributed by atoms with Gasteiger partial charge in [0, 0.05) is 31.4 Å². The molecule has 0 spiro atoms. The van der Waals surface area contributed by atoms with Gasteiger partial charge in [-0.2, -0.15) is 0 Å². The molecular formula is C18H27N3O3. The third-order valence-electron chi connectivity index (χ3n) is 4.11. The maximum absolute atomic E-state index is 12.1. The highest BCUT2D eigenvalue weighted by atomic mass is 16.6. The molecule has 1 N–H and O–H groups in total. The van der Waals surface area contributed by atoms with Crippen LogP contribution in [0.2, 0.25) is 0 Å². The van der Waals surface area contributed by atoms with Crippen LogP contribution in [0.25, 0.3) is 0 Å². The predicted molar refractivity (Wildman–Crippen MR) is 92.3 cm³/mol. The van der Waals surface area contributed by atoms with Gasteiger partial charge in [0.05, 0.1) is 18.0 Å². The lowest BCUT2D eigenvalue weighted by molar-refractivity contribution is 0.0210. The average Bonchev–Trinajstić information content (AvgIpc) is 3.32. The number of piperidine rings is 1. The highest BCUT2D eigenvalue weighted by Gasteiger charge is 2.28. The lowest BCUT2D eigenvalue weighted by atomic mass is 10.1. The van der Waals surface area contributed by atoms with Crippen LogP contribution in [0.3, 0.4) is 0 Å². The van der Waals surface area contributed by atoms with Gasteiger partial charge in [0.2, 0.25) is 0 Å². The van der Waals surface area contributed by atoms with Gasteiger partial charge in [-0.1, -0.05) is 0 Å². The van der Waals surface area contributed by atoms with Crippen molar-refractivity contribution < 1.29 is 14.3 Å². The van der Waals surface area contributed by atoms with Gasteiger partial charge in [0.15, 0.2) is 0 Å². The summed E-state index contributed by atoms with van der Waals surface area (Å²) in [6, 6.07) is 2.23. The molecule has 2 aliphatic rings. The number of nitrogens with zero attached hydrogens (tertiary/aromatic N) is 2. The fourth-order valence-corrected chi connectivity index (χ4v) is 2.71. The van der Waals surface area contributed by atoms with Crippen molar-refractivity contribution in [3.63, 3.8) is 0 Å². The molecular weight excluding hydrogens is 306 g/mol. The second-order valence-electron chi connectivity index (χ2n) is 7.58. The summed E-state index contributed by atoms with van der Waals surface area (Å²) in [5.74, 6) is 0.877. The Morgan fingerprint density at radius 3 is 2.58 bits per heavy atom. The van der Waals surface area contributed by atoms with Crippen LogP contribution >= 0.6 is 0 Å². The first-order valence-electron chi connectivity index (χ1n) is 8.76. The number of aromatic nitrogens is 1. The number of likely N-dealkylation sites (tertiary alicyclic amines) is 1. The Labute approximate surface area is 143 Å². The number of rotatable bonds is 4. The number of anilines is 1. The quantitative estimate of drug-likeness (QED) is 0.914. The first-order valence-corrected chi connectivity index (χ1v) is 8.76. The summed E-state index contributed by atoms with van der Waals surface area (Å²) in [6.45, 7) is 7.08. The van der Waals surface area contributed by atoms with Crippen LogP contribution in [0.4, 0.5) is 10.5 Å². The van der Waals surface area contributed by atoms with E-state index in [1.165, 1.54) is 0 Å². The molecule has 132 valence electrons. The van der Waals surface area contributed by atoms with Crippen molar-refractivity contribution in [3.05, 3.63) is 18.5 Å². The number of hydrogen-bond acceptors (Lipinski definition) is 5. The number of amides is 1. The lowest BCUT2D eigenvalue weighted by Gasteiger charge is -2.34. The number of nitrogens with one attached hydrogen (secondary N) is 1. The average molecular weight is 333 g/mol. The summed E-state index contributed by atoms with van der Waals surface area (Å²) in [7, 11) is 0. The molecule has 1 saturated heterocycles. The van der Waals surface area contributed by atoms with Crippen LogP contribution in [0.1, 0.15) is 46.5 Å². The Balaban J connectivity index is 1.51.